The first-order valence-electron chi connectivity index (χ1n) is 6.72. The molecule has 100 valence electrons. The van der Waals surface area contributed by atoms with Gasteiger partial charge < -0.3 is 5.11 Å². The molecule has 0 saturated heterocycles. The summed E-state index contributed by atoms with van der Waals surface area (Å²) in [6.45, 7) is 3.11. The van der Waals surface area contributed by atoms with Crippen LogP contribution in [0.2, 0.25) is 5.02 Å². The third-order valence-electron chi connectivity index (χ3n) is 4.16. The van der Waals surface area contributed by atoms with E-state index in [4.69, 9.17) is 11.6 Å². The van der Waals surface area contributed by atoms with E-state index < -0.39 is 0 Å². The quantitative estimate of drug-likeness (QED) is 0.903. The monoisotopic (exact) mass is 267 g/mol. The van der Waals surface area contributed by atoms with Crippen molar-refractivity contribution < 1.29 is 5.11 Å². The van der Waals surface area contributed by atoms with Gasteiger partial charge in [0.05, 0.1) is 6.10 Å². The molecule has 1 aromatic rings. The molecular formula is C15H22ClNO. The molecule has 1 aromatic carbocycles. The van der Waals surface area contributed by atoms with Gasteiger partial charge in [0.15, 0.2) is 0 Å². The Kier molecular flexibility index (Phi) is 4.66. The van der Waals surface area contributed by atoms with E-state index in [1.807, 2.05) is 18.2 Å². The molecule has 0 radical (unpaired) electrons. The molecule has 2 rings (SSSR count). The summed E-state index contributed by atoms with van der Waals surface area (Å²) in [4.78, 5) is 2.29. The SMILES string of the molecule is CC(c1ccccc1Cl)N(C)CC1CCCC1O. The van der Waals surface area contributed by atoms with Crippen LogP contribution in [0.15, 0.2) is 24.3 Å². The van der Waals surface area contributed by atoms with Gasteiger partial charge in [-0.25, -0.2) is 0 Å². The third kappa shape index (κ3) is 3.05. The van der Waals surface area contributed by atoms with Crippen molar-refractivity contribution in [2.24, 2.45) is 5.92 Å². The van der Waals surface area contributed by atoms with Crippen LogP contribution in [0.1, 0.15) is 37.8 Å². The first-order valence-corrected chi connectivity index (χ1v) is 7.10. The summed E-state index contributed by atoms with van der Waals surface area (Å²) in [7, 11) is 2.11. The molecule has 3 heteroatoms. The maximum atomic E-state index is 9.89. The van der Waals surface area contributed by atoms with E-state index in [0.717, 1.165) is 36.4 Å². The number of aliphatic hydroxyl groups is 1. The van der Waals surface area contributed by atoms with Gasteiger partial charge in [-0.15, -0.1) is 0 Å². The summed E-state index contributed by atoms with van der Waals surface area (Å²) in [5.74, 6) is 0.417. The Hall–Kier alpha value is -0.570. The van der Waals surface area contributed by atoms with Crippen molar-refractivity contribution >= 4 is 11.6 Å². The van der Waals surface area contributed by atoms with E-state index in [1.54, 1.807) is 0 Å². The highest BCUT2D eigenvalue weighted by atomic mass is 35.5. The summed E-state index contributed by atoms with van der Waals surface area (Å²) in [5.41, 5.74) is 1.16. The molecule has 0 bridgehead atoms. The molecule has 18 heavy (non-hydrogen) atoms. The van der Waals surface area contributed by atoms with Crippen molar-refractivity contribution in [2.45, 2.75) is 38.3 Å². The number of hydrogen-bond donors (Lipinski definition) is 1. The van der Waals surface area contributed by atoms with Gasteiger partial charge in [0, 0.05) is 17.6 Å². The largest absolute Gasteiger partial charge is 0.393 e. The molecule has 0 heterocycles. The van der Waals surface area contributed by atoms with Crippen molar-refractivity contribution in [1.82, 2.24) is 4.90 Å². The van der Waals surface area contributed by atoms with E-state index >= 15 is 0 Å². The first-order chi connectivity index (χ1) is 8.59. The predicted molar refractivity (Wildman–Crippen MR) is 75.8 cm³/mol. The van der Waals surface area contributed by atoms with Crippen LogP contribution in [0.3, 0.4) is 0 Å². The van der Waals surface area contributed by atoms with Crippen molar-refractivity contribution in [3.63, 3.8) is 0 Å². The zero-order valence-corrected chi connectivity index (χ0v) is 11.9. The fourth-order valence-electron chi connectivity index (χ4n) is 2.81. The van der Waals surface area contributed by atoms with Crippen LogP contribution in [0, 0.1) is 5.92 Å². The van der Waals surface area contributed by atoms with Gasteiger partial charge in [0.1, 0.15) is 0 Å². The van der Waals surface area contributed by atoms with E-state index in [2.05, 4.69) is 24.9 Å². The maximum absolute atomic E-state index is 9.89. The average molecular weight is 268 g/mol. The Labute approximate surface area is 115 Å². The van der Waals surface area contributed by atoms with Gasteiger partial charge in [0.25, 0.3) is 0 Å². The molecule has 3 atom stereocenters. The number of benzene rings is 1. The lowest BCUT2D eigenvalue weighted by Gasteiger charge is -2.29. The molecule has 0 amide bonds. The predicted octanol–water partition coefficient (Wildman–Crippen LogP) is 3.49. The zero-order chi connectivity index (χ0) is 13.1. The minimum absolute atomic E-state index is 0.120. The number of rotatable bonds is 4. The van der Waals surface area contributed by atoms with Gasteiger partial charge in [-0.3, -0.25) is 4.90 Å². The molecular weight excluding hydrogens is 246 g/mol. The fraction of sp³-hybridized carbons (Fsp3) is 0.600. The van der Waals surface area contributed by atoms with Crippen LogP contribution in [-0.4, -0.2) is 29.7 Å². The van der Waals surface area contributed by atoms with Crippen molar-refractivity contribution in [1.29, 1.82) is 0 Å². The van der Waals surface area contributed by atoms with Crippen molar-refractivity contribution in [2.75, 3.05) is 13.6 Å². The summed E-state index contributed by atoms with van der Waals surface area (Å²) in [5, 5.41) is 10.7. The van der Waals surface area contributed by atoms with Gasteiger partial charge >= 0.3 is 0 Å². The molecule has 1 saturated carbocycles. The van der Waals surface area contributed by atoms with E-state index in [1.165, 1.54) is 0 Å². The lowest BCUT2D eigenvalue weighted by Crippen LogP contribution is -2.31. The van der Waals surface area contributed by atoms with Crippen LogP contribution >= 0.6 is 11.6 Å². The van der Waals surface area contributed by atoms with Gasteiger partial charge in [0.2, 0.25) is 0 Å². The number of hydrogen-bond acceptors (Lipinski definition) is 2. The molecule has 1 fully saturated rings. The van der Waals surface area contributed by atoms with Crippen LogP contribution in [0.5, 0.6) is 0 Å². The normalized spacial score (nSPS) is 25.6. The minimum atomic E-state index is -0.120. The second-order valence-electron chi connectivity index (χ2n) is 5.40. The Balaban J connectivity index is 2.00. The third-order valence-corrected chi connectivity index (χ3v) is 4.50. The maximum Gasteiger partial charge on any atom is 0.0580 e. The Bertz CT molecular complexity index is 396. The minimum Gasteiger partial charge on any atom is -0.393 e. The zero-order valence-electron chi connectivity index (χ0n) is 11.1. The van der Waals surface area contributed by atoms with Gasteiger partial charge in [-0.1, -0.05) is 36.2 Å². The van der Waals surface area contributed by atoms with Crippen molar-refractivity contribution in [3.8, 4) is 0 Å². The van der Waals surface area contributed by atoms with E-state index in [0.29, 0.717) is 5.92 Å². The van der Waals surface area contributed by atoms with Crippen LogP contribution in [-0.2, 0) is 0 Å². The number of nitrogens with zero attached hydrogens (tertiary/aromatic N) is 1. The second-order valence-corrected chi connectivity index (χ2v) is 5.80. The Morgan fingerprint density at radius 1 is 1.39 bits per heavy atom. The Morgan fingerprint density at radius 2 is 2.11 bits per heavy atom. The van der Waals surface area contributed by atoms with Gasteiger partial charge in [-0.2, -0.15) is 0 Å². The van der Waals surface area contributed by atoms with Crippen LogP contribution in [0.25, 0.3) is 0 Å². The Morgan fingerprint density at radius 3 is 2.72 bits per heavy atom. The number of aliphatic hydroxyl groups excluding tert-OH is 1. The highest BCUT2D eigenvalue weighted by molar-refractivity contribution is 6.31. The molecule has 0 aromatic heterocycles. The van der Waals surface area contributed by atoms with Gasteiger partial charge in [-0.05, 0) is 44.4 Å². The molecule has 2 nitrogen and oxygen atoms in total. The topological polar surface area (TPSA) is 23.5 Å². The molecule has 0 spiro atoms. The smallest absolute Gasteiger partial charge is 0.0580 e. The molecule has 0 aliphatic heterocycles. The van der Waals surface area contributed by atoms with E-state index in [-0.39, 0.29) is 12.1 Å². The average Bonchev–Trinajstić information content (AvgIpc) is 2.75. The summed E-state index contributed by atoms with van der Waals surface area (Å²) in [6, 6.07) is 8.28. The number of halogens is 1. The summed E-state index contributed by atoms with van der Waals surface area (Å²) < 4.78 is 0. The molecule has 1 aliphatic rings. The summed E-state index contributed by atoms with van der Waals surface area (Å²) >= 11 is 6.23. The second kappa shape index (κ2) is 6.05. The van der Waals surface area contributed by atoms with Crippen molar-refractivity contribution in [3.05, 3.63) is 34.9 Å². The molecule has 1 aliphatic carbocycles. The van der Waals surface area contributed by atoms with E-state index in [9.17, 15) is 5.11 Å². The summed E-state index contributed by atoms with van der Waals surface area (Å²) in [6.07, 6.45) is 3.13. The lowest BCUT2D eigenvalue weighted by atomic mass is 10.0. The first kappa shape index (κ1) is 13.9. The lowest BCUT2D eigenvalue weighted by molar-refractivity contribution is 0.0991. The fourth-order valence-corrected chi connectivity index (χ4v) is 3.10. The standard InChI is InChI=1S/C15H22ClNO/c1-11(13-7-3-4-8-14(13)16)17(2)10-12-6-5-9-15(12)18/h3-4,7-8,11-12,15,18H,5-6,9-10H2,1-2H3. The highest BCUT2D eigenvalue weighted by Gasteiger charge is 2.27. The van der Waals surface area contributed by atoms with Crippen LogP contribution in [0.4, 0.5) is 0 Å². The highest BCUT2D eigenvalue weighted by Crippen LogP contribution is 2.30. The molecule has 3 unspecified atom stereocenters. The molecule has 1 N–H and O–H groups in total. The van der Waals surface area contributed by atoms with Crippen LogP contribution < -0.4 is 0 Å².